The number of aliphatic carboxylic acids is 1. The summed E-state index contributed by atoms with van der Waals surface area (Å²) in [5.41, 5.74) is 3.77. The molecule has 648 valence electrons. The largest absolute Gasteiger partial charge is 0.479 e. The maximum atomic E-state index is 14.3. The third kappa shape index (κ3) is 21.6. The molecule has 8 heterocycles. The summed E-state index contributed by atoms with van der Waals surface area (Å²) in [7, 11) is 7.71. The van der Waals surface area contributed by atoms with Gasteiger partial charge in [0.25, 0.3) is 5.56 Å². The Hall–Kier alpha value is -9.14. The number of nitrogens with one attached hydrogen (secondary N) is 4. The van der Waals surface area contributed by atoms with E-state index in [4.69, 9.17) is 47.6 Å². The summed E-state index contributed by atoms with van der Waals surface area (Å²) in [5.74, 6) is -6.68. The van der Waals surface area contributed by atoms with Crippen molar-refractivity contribution in [3.8, 4) is 17.1 Å². The average molecular weight is 1830 g/mol. The van der Waals surface area contributed by atoms with Crippen molar-refractivity contribution in [3.63, 3.8) is 0 Å². The number of carbonyl (C=O) groups excluding carboxylic acids is 8. The molecule has 3 aromatic carbocycles. The summed E-state index contributed by atoms with van der Waals surface area (Å²) in [6.45, 7) is 14.1. The van der Waals surface area contributed by atoms with E-state index in [0.29, 0.717) is 80.5 Å². The zero-order valence-corrected chi connectivity index (χ0v) is 71.5. The third-order valence-electron chi connectivity index (χ3n) is 22.5. The Kier molecular flexibility index (Phi) is 32.1. The number of anilines is 3. The number of amides is 7. The van der Waals surface area contributed by atoms with Crippen molar-refractivity contribution in [1.29, 1.82) is 0 Å². The van der Waals surface area contributed by atoms with Crippen molar-refractivity contribution in [1.82, 2.24) is 44.9 Å². The number of rotatable bonds is 37. The Morgan fingerprint density at radius 1 is 0.773 bits per heavy atom. The number of piperidine rings is 1. The predicted molar refractivity (Wildman–Crippen MR) is 425 cm³/mol. The van der Waals surface area contributed by atoms with Gasteiger partial charge in [-0.05, 0) is 126 Å². The SMILES string of the molecule is CC[C@@]1(O)C(=O)OCc2c1cc1n(c2=O)Cc2c-1nc1ccccc1c2CCN(C(=O)OCc1ccc(NC(=O)[C@H](C)NC(=O)[C@@H](NC(=O)COCC(=O)N(CCOCCOCCOCCOC)C2CCN(C(=O)CCC(=O)Nc3ccc4c(c3)C3[CH-]N(C)N(C)CC3N4C)CC2)C(C)C)c(O[C@@H]2O[C@H](C(=O)O)[C@@H](O)[C@H](O)[C@H]2O)c1)C(C)C.[W]. The molecular weight excluding hydrogens is 1720 g/mol. The molecule has 37 heteroatoms. The summed E-state index contributed by atoms with van der Waals surface area (Å²) in [6.07, 6.45) is -10.1. The van der Waals surface area contributed by atoms with Crippen molar-refractivity contribution in [2.75, 3.05) is 136 Å². The minimum Gasteiger partial charge on any atom is -0.479 e. The number of aliphatic hydroxyl groups is 4. The number of hydrazine groups is 1. The van der Waals surface area contributed by atoms with Crippen molar-refractivity contribution in [3.05, 3.63) is 117 Å². The van der Waals surface area contributed by atoms with Crippen LogP contribution in [0.1, 0.15) is 113 Å². The summed E-state index contributed by atoms with van der Waals surface area (Å²) in [4.78, 5) is 148. The van der Waals surface area contributed by atoms with E-state index in [-0.39, 0.29) is 151 Å². The first-order chi connectivity index (χ1) is 56.4. The number of methoxy groups -OCH3 is 1. The van der Waals surface area contributed by atoms with Gasteiger partial charge in [0.15, 0.2) is 11.7 Å². The molecule has 7 amide bonds. The van der Waals surface area contributed by atoms with Gasteiger partial charge in [0, 0.05) is 127 Å². The third-order valence-corrected chi connectivity index (χ3v) is 22.5. The Morgan fingerprint density at radius 3 is 2.17 bits per heavy atom. The molecule has 3 fully saturated rings. The summed E-state index contributed by atoms with van der Waals surface area (Å²) >= 11 is 0. The van der Waals surface area contributed by atoms with E-state index in [1.807, 2.05) is 56.6 Å². The molecule has 0 spiro atoms. The molecule has 2 aromatic heterocycles. The van der Waals surface area contributed by atoms with E-state index < -0.39 is 127 Å². The maximum Gasteiger partial charge on any atom is 0.410 e. The van der Waals surface area contributed by atoms with Crippen molar-refractivity contribution in [2.45, 2.75) is 172 Å². The predicted octanol–water partition coefficient (Wildman–Crippen LogP) is 2.33. The van der Waals surface area contributed by atoms with Gasteiger partial charge in [-0.1, -0.05) is 45.0 Å². The van der Waals surface area contributed by atoms with E-state index in [9.17, 15) is 73.5 Å². The molecular formula is C82H109N12O24W-. The van der Waals surface area contributed by atoms with E-state index in [2.05, 4.69) is 49.8 Å². The fourth-order valence-corrected chi connectivity index (χ4v) is 15.6. The van der Waals surface area contributed by atoms with E-state index in [1.54, 1.807) is 57.6 Å². The summed E-state index contributed by atoms with van der Waals surface area (Å²) in [6, 6.07) is 15.8. The van der Waals surface area contributed by atoms with Crippen LogP contribution in [0.5, 0.6) is 5.75 Å². The molecule has 9 N–H and O–H groups in total. The number of likely N-dealkylation sites (N-methyl/N-ethyl adjacent to an activating group) is 3. The summed E-state index contributed by atoms with van der Waals surface area (Å²) < 4.78 is 51.8. The smallest absolute Gasteiger partial charge is 0.410 e. The molecule has 11 rings (SSSR count). The van der Waals surface area contributed by atoms with Gasteiger partial charge in [0.05, 0.1) is 80.9 Å². The molecule has 10 atom stereocenters. The molecule has 0 saturated carbocycles. The van der Waals surface area contributed by atoms with Crippen LogP contribution in [0.4, 0.5) is 21.9 Å². The van der Waals surface area contributed by atoms with Crippen molar-refractivity contribution in [2.24, 2.45) is 5.92 Å². The molecule has 0 bridgehead atoms. The zero-order chi connectivity index (χ0) is 85.0. The van der Waals surface area contributed by atoms with Crippen LogP contribution in [0.2, 0.25) is 0 Å². The molecule has 119 heavy (non-hydrogen) atoms. The molecule has 0 aliphatic carbocycles. The quantitative estimate of drug-likeness (QED) is 0.0153. The van der Waals surface area contributed by atoms with Crippen molar-refractivity contribution >= 4 is 81.4 Å². The minimum absolute atomic E-state index is 0. The van der Waals surface area contributed by atoms with Crippen LogP contribution < -0.4 is 36.5 Å². The van der Waals surface area contributed by atoms with Crippen LogP contribution in [0.15, 0.2) is 71.5 Å². The van der Waals surface area contributed by atoms with Crippen LogP contribution in [0, 0.1) is 12.5 Å². The number of benzene rings is 3. The van der Waals surface area contributed by atoms with Gasteiger partial charge >= 0.3 is 18.0 Å². The zero-order valence-electron chi connectivity index (χ0n) is 68.6. The van der Waals surface area contributed by atoms with Crippen LogP contribution in [0.25, 0.3) is 22.3 Å². The second-order valence-corrected chi connectivity index (χ2v) is 30.9. The normalized spacial score (nSPS) is 21.3. The fourth-order valence-electron chi connectivity index (χ4n) is 15.6. The summed E-state index contributed by atoms with van der Waals surface area (Å²) in [5, 5.41) is 69.6. The Balaban J connectivity index is 0.0000149. The topological polar surface area (TPSA) is 440 Å². The number of aliphatic hydroxyl groups excluding tert-OH is 3. The van der Waals surface area contributed by atoms with Crippen LogP contribution >= 0.6 is 0 Å². The number of carboxylic acids is 1. The van der Waals surface area contributed by atoms with Crippen LogP contribution in [-0.2, 0) is 129 Å². The first-order valence-corrected chi connectivity index (χ1v) is 39.9. The Bertz CT molecular complexity index is 4550. The van der Waals surface area contributed by atoms with E-state index >= 15 is 0 Å². The number of pyridine rings is 2. The first kappa shape index (κ1) is 92.2. The Morgan fingerprint density at radius 2 is 1.48 bits per heavy atom. The van der Waals surface area contributed by atoms with Gasteiger partial charge in [0.2, 0.25) is 41.7 Å². The van der Waals surface area contributed by atoms with Crippen LogP contribution in [-0.4, -0.2) is 295 Å². The number of nitrogens with zero attached hydrogens (tertiary/aromatic N) is 8. The van der Waals surface area contributed by atoms with E-state index in [1.165, 1.54) is 34.6 Å². The van der Waals surface area contributed by atoms with Gasteiger partial charge < -0.3 is 119 Å². The fraction of sp³-hybridized carbons (Fsp3) is 0.561. The maximum absolute atomic E-state index is 14.3. The number of aromatic nitrogens is 2. The Labute approximate surface area is 703 Å². The number of hydrogen-bond donors (Lipinski definition) is 9. The van der Waals surface area contributed by atoms with Gasteiger partial charge in [0.1, 0.15) is 62.6 Å². The molecule has 0 radical (unpaired) electrons. The number of hydrogen-bond acceptors (Lipinski definition) is 27. The number of ether oxygens (including phenoxy) is 9. The number of cyclic esters (lactones) is 1. The molecule has 2 unspecified atom stereocenters. The number of fused-ring (bicyclic) bond motifs is 8. The number of carbonyl (C=O) groups is 9. The molecule has 3 saturated heterocycles. The van der Waals surface area contributed by atoms with Gasteiger partial charge in [-0.25, -0.2) is 25.9 Å². The molecule has 36 nitrogen and oxygen atoms in total. The first-order valence-electron chi connectivity index (χ1n) is 39.9. The van der Waals surface area contributed by atoms with Gasteiger partial charge in [-0.3, -0.25) is 38.6 Å². The number of para-hydroxylation sites is 1. The number of likely N-dealkylation sites (tertiary alicyclic amines) is 1. The van der Waals surface area contributed by atoms with Gasteiger partial charge in [-0.2, -0.15) is 0 Å². The monoisotopic (exact) mass is 1830 g/mol. The number of carboxylic acid groups (broad SMARTS) is 1. The van der Waals surface area contributed by atoms with Crippen molar-refractivity contribution < 1.29 is 132 Å². The average Bonchev–Trinajstić information content (AvgIpc) is 1.58. The second-order valence-electron chi connectivity index (χ2n) is 30.9. The molecule has 6 aliphatic heterocycles. The standard InChI is InChI=1S/C82H109N12O24.W/c1-11-82(109)58-38-62-70-56(40-94(62)77(104)57(58)43-115-80(82)107)52(53-14-12-13-15-59(53)85-70)24-27-92(47(4)5)81(108)116-42-49-16-18-60(64(36-49)117-79-73(101)71(99)72(100)74(118-79)78(105)106)86-75(102)48(6)83-76(103)69(46(2)3)87-66(96)44-114-45-68(98)93(28-29-111-32-33-113-35-34-112-31-30-110-10)51-22-25-91(26-23-51)67(97)21-20-65(95)84-50-17-19-61-54(37-50)55-39-88(7)89(8)41-63(55)90(61)9;/h12-19,36-39,46-48,51,55,63,69,71-74,79,99-101,109H,11,20-35,40-45H2,1-10H3,(H,83,103)(H,84,95)(H,86,102)(H,87,96)(H,105,106);/q-1;/t48-,55?,63?,69-,71-,72-,73+,74-,79+,82-;/m0./s1. The van der Waals surface area contributed by atoms with Gasteiger partial charge in [-0.15, -0.1) is 5.92 Å². The van der Waals surface area contributed by atoms with Crippen LogP contribution in [0.3, 0.4) is 0 Å². The number of esters is 1. The molecule has 5 aromatic rings. The second kappa shape index (κ2) is 41.4. The van der Waals surface area contributed by atoms with E-state index in [0.717, 1.165) is 28.7 Å². The minimum atomic E-state index is -2.09. The molecule has 6 aliphatic rings.